The molecule has 1 aromatic carbocycles. The van der Waals surface area contributed by atoms with Crippen molar-refractivity contribution in [3.8, 4) is 0 Å². The van der Waals surface area contributed by atoms with Crippen LogP contribution in [0.3, 0.4) is 0 Å². The molecule has 0 saturated carbocycles. The Hall–Kier alpha value is -0.650. The molecule has 0 radical (unpaired) electrons. The van der Waals surface area contributed by atoms with Crippen LogP contribution in [0.5, 0.6) is 0 Å². The third-order valence-corrected chi connectivity index (χ3v) is 6.14. The van der Waals surface area contributed by atoms with E-state index in [9.17, 15) is 4.79 Å². The second-order valence-corrected chi connectivity index (χ2v) is 7.94. The molecule has 1 saturated heterocycles. The Balaban J connectivity index is 0.00000288. The highest BCUT2D eigenvalue weighted by molar-refractivity contribution is 7.99. The van der Waals surface area contributed by atoms with Crippen molar-refractivity contribution < 1.29 is 4.79 Å². The summed E-state index contributed by atoms with van der Waals surface area (Å²) in [5.74, 6) is 2.16. The second kappa shape index (κ2) is 11.1. The van der Waals surface area contributed by atoms with Gasteiger partial charge in [0.15, 0.2) is 0 Å². The molecule has 0 aliphatic carbocycles. The number of carbonyl (C=O) groups excluding carboxylic acids is 1. The molecule has 1 aliphatic rings. The third kappa shape index (κ3) is 5.71. The van der Waals surface area contributed by atoms with Crippen molar-refractivity contribution in [2.45, 2.75) is 37.5 Å². The van der Waals surface area contributed by atoms with Crippen molar-refractivity contribution >= 4 is 47.5 Å². The molecule has 134 valence electrons. The first kappa shape index (κ1) is 21.4. The summed E-state index contributed by atoms with van der Waals surface area (Å²) in [6, 6.07) is 10.2. The summed E-state index contributed by atoms with van der Waals surface area (Å²) in [5, 5.41) is 7.98. The second-order valence-electron chi connectivity index (χ2n) is 5.84. The number of carbonyl (C=O) groups is 1. The summed E-state index contributed by atoms with van der Waals surface area (Å²) >= 11 is 3.51. The number of hydrogen-bond donors (Lipinski definition) is 1. The highest BCUT2D eigenvalue weighted by atomic mass is 35.5. The van der Waals surface area contributed by atoms with Crippen LogP contribution in [0.2, 0.25) is 0 Å². The summed E-state index contributed by atoms with van der Waals surface area (Å²) in [4.78, 5) is 15.1. The molecule has 24 heavy (non-hydrogen) atoms. The Kier molecular flexibility index (Phi) is 9.86. The minimum Gasteiger partial charge on any atom is -0.336 e. The van der Waals surface area contributed by atoms with E-state index in [0.29, 0.717) is 0 Å². The van der Waals surface area contributed by atoms with E-state index in [2.05, 4.69) is 6.92 Å². The number of amides is 1. The van der Waals surface area contributed by atoms with Gasteiger partial charge in [0.25, 0.3) is 0 Å². The normalized spacial score (nSPS) is 18.6. The van der Waals surface area contributed by atoms with Crippen LogP contribution in [0.15, 0.2) is 30.3 Å². The molecule has 1 heterocycles. The molecular weight excluding hydrogens is 360 g/mol. The first-order valence-electron chi connectivity index (χ1n) is 8.19. The minimum atomic E-state index is -0.137. The molecule has 1 fully saturated rings. The van der Waals surface area contributed by atoms with E-state index in [0.717, 1.165) is 48.6 Å². The first-order chi connectivity index (χ1) is 11.2. The Morgan fingerprint density at radius 3 is 2.75 bits per heavy atom. The van der Waals surface area contributed by atoms with E-state index in [1.54, 1.807) is 11.8 Å². The van der Waals surface area contributed by atoms with E-state index < -0.39 is 0 Å². The van der Waals surface area contributed by atoms with Crippen LogP contribution >= 0.6 is 35.9 Å². The van der Waals surface area contributed by atoms with Crippen LogP contribution in [0.1, 0.15) is 37.0 Å². The smallest absolute Gasteiger partial charge is 0.240 e. The Bertz CT molecular complexity index is 527. The molecule has 2 unspecified atom stereocenters. The summed E-state index contributed by atoms with van der Waals surface area (Å²) < 4.78 is 0. The lowest BCUT2D eigenvalue weighted by molar-refractivity contribution is -0.132. The fourth-order valence-corrected chi connectivity index (χ4v) is 4.79. The molecule has 0 bridgehead atoms. The lowest BCUT2D eigenvalue weighted by Gasteiger charge is -2.37. The van der Waals surface area contributed by atoms with Gasteiger partial charge in [0, 0.05) is 36.2 Å². The lowest BCUT2D eigenvalue weighted by Crippen LogP contribution is -2.48. The molecule has 1 aliphatic heterocycles. The number of thioether (sulfide) groups is 2. The van der Waals surface area contributed by atoms with Gasteiger partial charge in [-0.25, -0.2) is 0 Å². The van der Waals surface area contributed by atoms with Gasteiger partial charge in [-0.3, -0.25) is 4.79 Å². The fraction of sp³-hybridized carbons (Fsp3) is 0.556. The highest BCUT2D eigenvalue weighted by Gasteiger charge is 2.32. The van der Waals surface area contributed by atoms with Crippen LogP contribution in [0.4, 0.5) is 0 Å². The molecule has 6 heteroatoms. The molecule has 0 spiro atoms. The Morgan fingerprint density at radius 2 is 2.12 bits per heavy atom. The molecule has 1 amide bonds. The van der Waals surface area contributed by atoms with Crippen LogP contribution in [-0.2, 0) is 4.79 Å². The van der Waals surface area contributed by atoms with Crippen molar-refractivity contribution in [2.75, 3.05) is 24.3 Å². The van der Waals surface area contributed by atoms with E-state index >= 15 is 0 Å². The summed E-state index contributed by atoms with van der Waals surface area (Å²) in [5.41, 5.74) is 1.85. The van der Waals surface area contributed by atoms with Gasteiger partial charge in [-0.05, 0) is 18.2 Å². The van der Waals surface area contributed by atoms with Gasteiger partial charge in [-0.15, -0.1) is 24.2 Å². The van der Waals surface area contributed by atoms with E-state index in [4.69, 9.17) is 5.41 Å². The molecule has 3 nitrogen and oxygen atoms in total. The van der Waals surface area contributed by atoms with Crippen LogP contribution in [0, 0.1) is 5.41 Å². The standard InChI is InChI=1S/C18H26N2OS2.ClH/c1-3-7-15(19)12-16-13-23-11-10-20(16)18(21)17(22-2)14-8-5-4-6-9-14;/h4-6,8-9,16-17,19H,3,7,10-13H2,1-2H3;1H. The maximum absolute atomic E-state index is 13.1. The van der Waals surface area contributed by atoms with Gasteiger partial charge in [-0.1, -0.05) is 43.7 Å². The molecule has 1 N–H and O–H groups in total. The quantitative estimate of drug-likeness (QED) is 0.692. The number of hydrogen-bond acceptors (Lipinski definition) is 4. The maximum atomic E-state index is 13.1. The predicted octanol–water partition coefficient (Wildman–Crippen LogP) is 4.67. The van der Waals surface area contributed by atoms with Crippen LogP contribution < -0.4 is 0 Å². The fourth-order valence-electron chi connectivity index (χ4n) is 2.96. The Labute approximate surface area is 160 Å². The summed E-state index contributed by atoms with van der Waals surface area (Å²) in [7, 11) is 0. The van der Waals surface area contributed by atoms with E-state index in [1.165, 1.54) is 0 Å². The van der Waals surface area contributed by atoms with Crippen molar-refractivity contribution in [3.05, 3.63) is 35.9 Å². The summed E-state index contributed by atoms with van der Waals surface area (Å²) in [6.45, 7) is 2.91. The Morgan fingerprint density at radius 1 is 1.42 bits per heavy atom. The third-order valence-electron chi connectivity index (χ3n) is 4.11. The van der Waals surface area contributed by atoms with E-state index in [1.807, 2.05) is 53.2 Å². The average Bonchev–Trinajstić information content (AvgIpc) is 2.57. The SMILES string of the molecule is CCCC(=N)CC1CSCCN1C(=O)C(SC)c1ccccc1.Cl. The molecule has 1 aromatic rings. The van der Waals surface area contributed by atoms with Crippen molar-refractivity contribution in [2.24, 2.45) is 0 Å². The number of nitrogens with zero attached hydrogens (tertiary/aromatic N) is 1. The van der Waals surface area contributed by atoms with Crippen LogP contribution in [-0.4, -0.2) is 46.9 Å². The van der Waals surface area contributed by atoms with Gasteiger partial charge in [0.05, 0.1) is 0 Å². The zero-order chi connectivity index (χ0) is 16.7. The maximum Gasteiger partial charge on any atom is 0.240 e. The zero-order valence-electron chi connectivity index (χ0n) is 14.4. The van der Waals surface area contributed by atoms with Gasteiger partial charge < -0.3 is 10.3 Å². The monoisotopic (exact) mass is 386 g/mol. The summed E-state index contributed by atoms with van der Waals surface area (Å²) in [6.07, 6.45) is 4.57. The number of rotatable bonds is 7. The molecule has 2 rings (SSSR count). The van der Waals surface area contributed by atoms with Gasteiger partial charge in [0.1, 0.15) is 5.25 Å². The molecular formula is C18H27ClN2OS2. The van der Waals surface area contributed by atoms with Gasteiger partial charge >= 0.3 is 0 Å². The number of nitrogens with one attached hydrogen (secondary N) is 1. The largest absolute Gasteiger partial charge is 0.336 e. The lowest BCUT2D eigenvalue weighted by atomic mass is 10.0. The zero-order valence-corrected chi connectivity index (χ0v) is 16.8. The number of halogens is 1. The van der Waals surface area contributed by atoms with Crippen molar-refractivity contribution in [1.29, 1.82) is 5.41 Å². The molecule has 2 atom stereocenters. The highest BCUT2D eigenvalue weighted by Crippen LogP contribution is 2.31. The average molecular weight is 387 g/mol. The van der Waals surface area contributed by atoms with Gasteiger partial charge in [-0.2, -0.15) is 11.8 Å². The predicted molar refractivity (Wildman–Crippen MR) is 110 cm³/mol. The molecule has 0 aromatic heterocycles. The van der Waals surface area contributed by atoms with Crippen molar-refractivity contribution in [1.82, 2.24) is 4.90 Å². The minimum absolute atomic E-state index is 0. The van der Waals surface area contributed by atoms with Gasteiger partial charge in [0.2, 0.25) is 5.91 Å². The van der Waals surface area contributed by atoms with E-state index in [-0.39, 0.29) is 29.6 Å². The first-order valence-corrected chi connectivity index (χ1v) is 10.6. The topological polar surface area (TPSA) is 44.2 Å². The van der Waals surface area contributed by atoms with Crippen molar-refractivity contribution in [3.63, 3.8) is 0 Å². The number of benzene rings is 1. The van der Waals surface area contributed by atoms with Crippen LogP contribution in [0.25, 0.3) is 0 Å².